The molecule has 26 heavy (non-hydrogen) atoms. The van der Waals surface area contributed by atoms with Crippen LogP contribution in [0.3, 0.4) is 0 Å². The van der Waals surface area contributed by atoms with E-state index in [0.29, 0.717) is 19.6 Å². The van der Waals surface area contributed by atoms with Crippen LogP contribution in [0.25, 0.3) is 0 Å². The zero-order valence-corrected chi connectivity index (χ0v) is 15.3. The first-order chi connectivity index (χ1) is 12.6. The Morgan fingerprint density at radius 2 is 2.12 bits per heavy atom. The minimum atomic E-state index is -0.293. The van der Waals surface area contributed by atoms with Crippen LogP contribution in [0.15, 0.2) is 42.9 Å². The standard InChI is InChI=1S/C20H24N4O2/c1-3-15-6-7-18(22-11-15)14-23(2)20(26)17-9-19(25)24(13-17)12-16-5-4-8-21-10-16/h4-8,10-11,17H,3,9,12-14H2,1-2H3. The Bertz CT molecular complexity index is 761. The lowest BCUT2D eigenvalue weighted by Crippen LogP contribution is -2.34. The average Bonchev–Trinajstić information content (AvgIpc) is 3.03. The second kappa shape index (κ2) is 8.08. The van der Waals surface area contributed by atoms with Crippen LogP contribution in [0, 0.1) is 5.92 Å². The van der Waals surface area contributed by atoms with Crippen LogP contribution in [-0.4, -0.2) is 45.2 Å². The van der Waals surface area contributed by atoms with Gasteiger partial charge in [-0.1, -0.05) is 19.1 Å². The number of amides is 2. The van der Waals surface area contributed by atoms with Crippen molar-refractivity contribution in [2.24, 2.45) is 5.92 Å². The Morgan fingerprint density at radius 3 is 2.77 bits per heavy atom. The Labute approximate surface area is 153 Å². The molecule has 1 atom stereocenters. The summed E-state index contributed by atoms with van der Waals surface area (Å²) in [6.45, 7) is 3.50. The molecule has 6 heteroatoms. The van der Waals surface area contributed by atoms with Crippen LogP contribution >= 0.6 is 0 Å². The zero-order valence-electron chi connectivity index (χ0n) is 15.3. The summed E-state index contributed by atoms with van der Waals surface area (Å²) < 4.78 is 0. The molecule has 6 nitrogen and oxygen atoms in total. The van der Waals surface area contributed by atoms with E-state index in [9.17, 15) is 9.59 Å². The van der Waals surface area contributed by atoms with Crippen molar-refractivity contribution in [1.82, 2.24) is 19.8 Å². The molecule has 2 aromatic heterocycles. The lowest BCUT2D eigenvalue weighted by Gasteiger charge is -2.21. The fourth-order valence-corrected chi connectivity index (χ4v) is 3.19. The molecule has 0 bridgehead atoms. The second-order valence-corrected chi connectivity index (χ2v) is 6.74. The zero-order chi connectivity index (χ0) is 18.5. The van der Waals surface area contributed by atoms with Crippen molar-refractivity contribution >= 4 is 11.8 Å². The van der Waals surface area contributed by atoms with Gasteiger partial charge in [-0.2, -0.15) is 0 Å². The van der Waals surface area contributed by atoms with Crippen LogP contribution in [0.5, 0.6) is 0 Å². The molecule has 1 aliphatic rings. The normalized spacial score (nSPS) is 16.8. The molecule has 0 spiro atoms. The third kappa shape index (κ3) is 4.25. The number of aromatic nitrogens is 2. The molecular formula is C20H24N4O2. The molecule has 0 radical (unpaired) electrons. The number of hydrogen-bond donors (Lipinski definition) is 0. The fraction of sp³-hybridized carbons (Fsp3) is 0.400. The predicted molar refractivity (Wildman–Crippen MR) is 97.9 cm³/mol. The summed E-state index contributed by atoms with van der Waals surface area (Å²) in [6.07, 6.45) is 6.52. The summed E-state index contributed by atoms with van der Waals surface area (Å²) in [5, 5.41) is 0. The van der Waals surface area contributed by atoms with E-state index in [1.165, 1.54) is 5.56 Å². The largest absolute Gasteiger partial charge is 0.340 e. The van der Waals surface area contributed by atoms with Gasteiger partial charge in [0.25, 0.3) is 0 Å². The maximum Gasteiger partial charge on any atom is 0.228 e. The molecule has 1 unspecified atom stereocenters. The molecule has 2 amide bonds. The van der Waals surface area contributed by atoms with Gasteiger partial charge in [0.05, 0.1) is 18.2 Å². The van der Waals surface area contributed by atoms with E-state index in [-0.39, 0.29) is 24.2 Å². The van der Waals surface area contributed by atoms with Crippen molar-refractivity contribution in [2.45, 2.75) is 32.9 Å². The number of likely N-dealkylation sites (tertiary alicyclic amines) is 1. The van der Waals surface area contributed by atoms with Gasteiger partial charge in [-0.05, 0) is 29.7 Å². The van der Waals surface area contributed by atoms with E-state index in [4.69, 9.17) is 0 Å². The van der Waals surface area contributed by atoms with Crippen molar-refractivity contribution in [3.63, 3.8) is 0 Å². The molecule has 3 heterocycles. The minimum absolute atomic E-state index is 0.00611. The number of rotatable bonds is 6. The number of pyridine rings is 2. The number of carbonyl (C=O) groups excluding carboxylic acids is 2. The molecule has 1 aliphatic heterocycles. The smallest absolute Gasteiger partial charge is 0.228 e. The van der Waals surface area contributed by atoms with Crippen LogP contribution < -0.4 is 0 Å². The summed E-state index contributed by atoms with van der Waals surface area (Å²) in [7, 11) is 1.77. The van der Waals surface area contributed by atoms with Gasteiger partial charge in [-0.15, -0.1) is 0 Å². The topological polar surface area (TPSA) is 66.4 Å². The average molecular weight is 352 g/mol. The van der Waals surface area contributed by atoms with E-state index in [2.05, 4.69) is 16.9 Å². The van der Waals surface area contributed by atoms with Crippen molar-refractivity contribution in [3.05, 3.63) is 59.7 Å². The highest BCUT2D eigenvalue weighted by molar-refractivity contribution is 5.89. The van der Waals surface area contributed by atoms with E-state index in [0.717, 1.165) is 17.7 Å². The molecule has 2 aromatic rings. The van der Waals surface area contributed by atoms with Crippen molar-refractivity contribution in [3.8, 4) is 0 Å². The third-order valence-electron chi connectivity index (χ3n) is 4.73. The first kappa shape index (κ1) is 18.0. The van der Waals surface area contributed by atoms with Gasteiger partial charge in [0.2, 0.25) is 11.8 Å². The van der Waals surface area contributed by atoms with Crippen molar-refractivity contribution in [2.75, 3.05) is 13.6 Å². The van der Waals surface area contributed by atoms with E-state index < -0.39 is 0 Å². The summed E-state index contributed by atoms with van der Waals surface area (Å²) in [4.78, 5) is 36.9. The van der Waals surface area contributed by atoms with Gasteiger partial charge in [0.15, 0.2) is 0 Å². The van der Waals surface area contributed by atoms with Gasteiger partial charge >= 0.3 is 0 Å². The SMILES string of the molecule is CCc1ccc(CN(C)C(=O)C2CC(=O)N(Cc3cccnc3)C2)nc1. The monoisotopic (exact) mass is 352 g/mol. The predicted octanol–water partition coefficient (Wildman–Crippen LogP) is 2.05. The Balaban J connectivity index is 1.58. The summed E-state index contributed by atoms with van der Waals surface area (Å²) in [5.41, 5.74) is 3.01. The fourth-order valence-electron chi connectivity index (χ4n) is 3.19. The quantitative estimate of drug-likeness (QED) is 0.798. The highest BCUT2D eigenvalue weighted by atomic mass is 16.2. The minimum Gasteiger partial charge on any atom is -0.340 e. The lowest BCUT2D eigenvalue weighted by atomic mass is 10.1. The maximum absolute atomic E-state index is 12.7. The molecule has 0 aromatic carbocycles. The molecular weight excluding hydrogens is 328 g/mol. The van der Waals surface area contributed by atoms with Gasteiger partial charge in [0.1, 0.15) is 0 Å². The molecule has 136 valence electrons. The highest BCUT2D eigenvalue weighted by Crippen LogP contribution is 2.22. The highest BCUT2D eigenvalue weighted by Gasteiger charge is 2.35. The van der Waals surface area contributed by atoms with Crippen LogP contribution in [0.1, 0.15) is 30.2 Å². The van der Waals surface area contributed by atoms with E-state index >= 15 is 0 Å². The molecule has 0 saturated carbocycles. The molecule has 0 N–H and O–H groups in total. The number of aryl methyl sites for hydroxylation is 1. The van der Waals surface area contributed by atoms with Crippen molar-refractivity contribution < 1.29 is 9.59 Å². The Hall–Kier alpha value is -2.76. The van der Waals surface area contributed by atoms with Gasteiger partial charge in [-0.3, -0.25) is 19.6 Å². The first-order valence-electron chi connectivity index (χ1n) is 8.92. The Morgan fingerprint density at radius 1 is 1.27 bits per heavy atom. The van der Waals surface area contributed by atoms with Crippen LogP contribution in [-0.2, 0) is 29.1 Å². The summed E-state index contributed by atoms with van der Waals surface area (Å²) >= 11 is 0. The number of nitrogens with zero attached hydrogens (tertiary/aromatic N) is 4. The van der Waals surface area contributed by atoms with Gasteiger partial charge in [-0.25, -0.2) is 0 Å². The number of carbonyl (C=O) groups is 2. The summed E-state index contributed by atoms with van der Waals surface area (Å²) in [6, 6.07) is 7.78. The van der Waals surface area contributed by atoms with Crippen LogP contribution in [0.4, 0.5) is 0 Å². The molecule has 3 rings (SSSR count). The first-order valence-corrected chi connectivity index (χ1v) is 8.92. The maximum atomic E-state index is 12.7. The lowest BCUT2D eigenvalue weighted by molar-refractivity contribution is -0.135. The van der Waals surface area contributed by atoms with E-state index in [1.54, 1.807) is 29.2 Å². The molecule has 0 aliphatic carbocycles. The number of hydrogen-bond acceptors (Lipinski definition) is 4. The molecule has 1 fully saturated rings. The third-order valence-corrected chi connectivity index (χ3v) is 4.73. The van der Waals surface area contributed by atoms with E-state index in [1.807, 2.05) is 30.5 Å². The van der Waals surface area contributed by atoms with Crippen molar-refractivity contribution in [1.29, 1.82) is 0 Å². The van der Waals surface area contributed by atoms with Gasteiger partial charge < -0.3 is 9.80 Å². The summed E-state index contributed by atoms with van der Waals surface area (Å²) in [5.74, 6) is -0.279. The van der Waals surface area contributed by atoms with Gasteiger partial charge in [0, 0.05) is 45.1 Å². The van der Waals surface area contributed by atoms with Crippen LogP contribution in [0.2, 0.25) is 0 Å². The Kier molecular flexibility index (Phi) is 5.61. The molecule has 1 saturated heterocycles. The second-order valence-electron chi connectivity index (χ2n) is 6.74.